The Balaban J connectivity index is 1.24. The third-order valence-electron chi connectivity index (χ3n) is 7.85. The maximum Gasteiger partial charge on any atom is 0.227 e. The molecule has 2 N–H and O–H groups in total. The van der Waals surface area contributed by atoms with Crippen LogP contribution < -0.4 is 15.1 Å². The number of hydrogen-bond acceptors (Lipinski definition) is 7. The first-order chi connectivity index (χ1) is 16.0. The predicted molar refractivity (Wildman–Crippen MR) is 132 cm³/mol. The number of benzene rings is 1. The average Bonchev–Trinajstić information content (AvgIpc) is 3.36. The monoisotopic (exact) mass is 487 g/mol. The van der Waals surface area contributed by atoms with Gasteiger partial charge in [-0.25, -0.2) is 4.98 Å². The molecule has 3 fully saturated rings. The number of nitrogens with one attached hydrogen (secondary N) is 1. The van der Waals surface area contributed by atoms with Crippen molar-refractivity contribution in [3.8, 4) is 0 Å². The zero-order valence-electron chi connectivity index (χ0n) is 18.7. The van der Waals surface area contributed by atoms with E-state index < -0.39 is 10.8 Å². The summed E-state index contributed by atoms with van der Waals surface area (Å²) in [6.07, 6.45) is 4.65. The minimum atomic E-state index is -1.09. The molecular formula is C24H30ClN5O2S. The van der Waals surface area contributed by atoms with Crippen LogP contribution in [-0.2, 0) is 17.2 Å². The Morgan fingerprint density at radius 3 is 2.39 bits per heavy atom. The molecule has 3 aliphatic heterocycles. The molecular weight excluding hydrogens is 458 g/mol. The molecule has 0 radical (unpaired) electrons. The Kier molecular flexibility index (Phi) is 5.50. The van der Waals surface area contributed by atoms with Crippen LogP contribution in [0.1, 0.15) is 31.4 Å². The molecule has 7 nitrogen and oxygen atoms in total. The van der Waals surface area contributed by atoms with Gasteiger partial charge < -0.3 is 20.2 Å². The van der Waals surface area contributed by atoms with E-state index in [1.165, 1.54) is 5.69 Å². The van der Waals surface area contributed by atoms with Crippen LogP contribution in [0.2, 0.25) is 5.02 Å². The van der Waals surface area contributed by atoms with Crippen molar-refractivity contribution in [2.75, 3.05) is 53.7 Å². The third kappa shape index (κ3) is 3.90. The standard InChI is InChI=1S/C24H30ClN5O2S/c25-18-4-6-19(7-5-18)29-11-16-13-30(14-17(16)12-29)23-26-20-3-1-10-33(32)21(20)22(27-23)28-24(15-31)8-2-9-24/h4-7,16-17,31H,1-3,8-15H2,(H,26,27,28)/t16-,17+,33-/m0/s1. The lowest BCUT2D eigenvalue weighted by molar-refractivity contribution is 0.143. The molecule has 2 aromatic rings. The van der Waals surface area contributed by atoms with Gasteiger partial charge in [0.1, 0.15) is 10.7 Å². The van der Waals surface area contributed by atoms with Crippen molar-refractivity contribution in [1.29, 1.82) is 0 Å². The van der Waals surface area contributed by atoms with Crippen LogP contribution in [-0.4, -0.2) is 63.4 Å². The molecule has 9 heteroatoms. The van der Waals surface area contributed by atoms with Crippen LogP contribution >= 0.6 is 11.6 Å². The lowest BCUT2D eigenvalue weighted by Crippen LogP contribution is -2.49. The van der Waals surface area contributed by atoms with Gasteiger partial charge in [0, 0.05) is 54.5 Å². The van der Waals surface area contributed by atoms with Gasteiger partial charge >= 0.3 is 0 Å². The number of rotatable bonds is 5. The van der Waals surface area contributed by atoms with Crippen LogP contribution in [0.4, 0.5) is 17.5 Å². The molecule has 1 aromatic heterocycles. The largest absolute Gasteiger partial charge is 0.394 e. The number of halogens is 1. The third-order valence-corrected chi connectivity index (χ3v) is 9.65. The van der Waals surface area contributed by atoms with Crippen molar-refractivity contribution in [2.45, 2.75) is 42.5 Å². The van der Waals surface area contributed by atoms with Gasteiger partial charge in [-0.3, -0.25) is 4.21 Å². The number of nitrogens with zero attached hydrogens (tertiary/aromatic N) is 4. The Morgan fingerprint density at radius 1 is 1.06 bits per heavy atom. The SMILES string of the molecule is O=[S@]1CCCc2nc(N3C[C@H]4CN(c5ccc(Cl)cc5)C[C@H]4C3)nc(NC3(CO)CCC3)c21. The van der Waals surface area contributed by atoms with E-state index in [0.29, 0.717) is 23.4 Å². The first kappa shape index (κ1) is 21.6. The van der Waals surface area contributed by atoms with Gasteiger partial charge in [0.25, 0.3) is 0 Å². The molecule has 1 aliphatic carbocycles. The van der Waals surface area contributed by atoms with E-state index in [4.69, 9.17) is 21.6 Å². The van der Waals surface area contributed by atoms with Gasteiger partial charge in [-0.05, 0) is 56.4 Å². The van der Waals surface area contributed by atoms with Crippen LogP contribution in [0.5, 0.6) is 0 Å². The molecule has 1 saturated carbocycles. The van der Waals surface area contributed by atoms with E-state index in [9.17, 15) is 9.32 Å². The van der Waals surface area contributed by atoms with Crippen molar-refractivity contribution in [3.63, 3.8) is 0 Å². The van der Waals surface area contributed by atoms with Crippen LogP contribution in [0.15, 0.2) is 29.2 Å². The summed E-state index contributed by atoms with van der Waals surface area (Å²) < 4.78 is 12.9. The number of aliphatic hydroxyl groups is 1. The maximum absolute atomic E-state index is 12.9. The number of aromatic nitrogens is 2. The molecule has 0 amide bonds. The van der Waals surface area contributed by atoms with Crippen molar-refractivity contribution in [2.24, 2.45) is 11.8 Å². The Morgan fingerprint density at radius 2 is 1.76 bits per heavy atom. The van der Waals surface area contributed by atoms with Crippen molar-refractivity contribution in [3.05, 3.63) is 35.0 Å². The Bertz CT molecular complexity index is 1060. The minimum absolute atomic E-state index is 0.0716. The first-order valence-corrected chi connectivity index (χ1v) is 13.7. The highest BCUT2D eigenvalue weighted by Gasteiger charge is 2.42. The number of aryl methyl sites for hydroxylation is 1. The normalized spacial score (nSPS) is 27.8. The van der Waals surface area contributed by atoms with Crippen LogP contribution in [0.25, 0.3) is 0 Å². The fourth-order valence-corrected chi connectivity index (χ4v) is 7.25. The highest BCUT2D eigenvalue weighted by molar-refractivity contribution is 7.85. The molecule has 4 aliphatic rings. The molecule has 0 unspecified atom stereocenters. The van der Waals surface area contributed by atoms with Gasteiger partial charge in [0.05, 0.1) is 28.6 Å². The predicted octanol–water partition coefficient (Wildman–Crippen LogP) is 3.08. The van der Waals surface area contributed by atoms with Crippen LogP contribution in [0, 0.1) is 11.8 Å². The fraction of sp³-hybridized carbons (Fsp3) is 0.583. The van der Waals surface area contributed by atoms with Crippen molar-refractivity contribution < 1.29 is 9.32 Å². The van der Waals surface area contributed by atoms with Crippen molar-refractivity contribution >= 4 is 39.9 Å². The number of hydrogen-bond donors (Lipinski definition) is 2. The molecule has 2 saturated heterocycles. The van der Waals surface area contributed by atoms with E-state index in [1.54, 1.807) is 0 Å². The summed E-state index contributed by atoms with van der Waals surface area (Å²) in [5.74, 6) is 3.23. The summed E-state index contributed by atoms with van der Waals surface area (Å²) in [5.41, 5.74) is 1.82. The molecule has 3 atom stereocenters. The second-order valence-electron chi connectivity index (χ2n) is 10.0. The van der Waals surface area contributed by atoms with Gasteiger partial charge in [-0.2, -0.15) is 4.98 Å². The number of fused-ring (bicyclic) bond motifs is 2. The second kappa shape index (κ2) is 8.40. The van der Waals surface area contributed by atoms with E-state index in [0.717, 1.165) is 79.8 Å². The van der Waals surface area contributed by atoms with E-state index in [1.807, 2.05) is 12.1 Å². The lowest BCUT2D eigenvalue weighted by atomic mass is 9.77. The van der Waals surface area contributed by atoms with Gasteiger partial charge in [0.15, 0.2) is 0 Å². The smallest absolute Gasteiger partial charge is 0.227 e. The highest BCUT2D eigenvalue weighted by Crippen LogP contribution is 2.40. The molecule has 33 heavy (non-hydrogen) atoms. The summed E-state index contributed by atoms with van der Waals surface area (Å²) in [5, 5.41) is 14.3. The zero-order chi connectivity index (χ0) is 22.6. The second-order valence-corrected chi connectivity index (χ2v) is 12.0. The van der Waals surface area contributed by atoms with Gasteiger partial charge in [-0.15, -0.1) is 0 Å². The minimum Gasteiger partial charge on any atom is -0.394 e. The summed E-state index contributed by atoms with van der Waals surface area (Å²) in [7, 11) is -1.09. The summed E-state index contributed by atoms with van der Waals surface area (Å²) in [6, 6.07) is 8.11. The molecule has 1 aromatic carbocycles. The van der Waals surface area contributed by atoms with Crippen LogP contribution in [0.3, 0.4) is 0 Å². The van der Waals surface area contributed by atoms with E-state index in [-0.39, 0.29) is 12.1 Å². The molecule has 176 valence electrons. The average molecular weight is 488 g/mol. The maximum atomic E-state index is 12.9. The van der Waals surface area contributed by atoms with E-state index >= 15 is 0 Å². The Hall–Kier alpha value is -1.90. The molecule has 0 bridgehead atoms. The quantitative estimate of drug-likeness (QED) is 0.670. The van der Waals surface area contributed by atoms with E-state index in [2.05, 4.69) is 27.2 Å². The first-order valence-electron chi connectivity index (χ1n) is 12.0. The fourth-order valence-electron chi connectivity index (χ4n) is 5.79. The van der Waals surface area contributed by atoms with Crippen molar-refractivity contribution in [1.82, 2.24) is 9.97 Å². The molecule has 4 heterocycles. The summed E-state index contributed by atoms with van der Waals surface area (Å²) in [4.78, 5) is 15.4. The summed E-state index contributed by atoms with van der Waals surface area (Å²) in [6.45, 7) is 3.98. The number of anilines is 3. The number of aliphatic hydroxyl groups excluding tert-OH is 1. The molecule has 6 rings (SSSR count). The van der Waals surface area contributed by atoms with Gasteiger partial charge in [0.2, 0.25) is 5.95 Å². The molecule has 0 spiro atoms. The Labute approximate surface area is 202 Å². The summed E-state index contributed by atoms with van der Waals surface area (Å²) >= 11 is 6.06. The highest BCUT2D eigenvalue weighted by atomic mass is 35.5. The van der Waals surface area contributed by atoms with Gasteiger partial charge in [-0.1, -0.05) is 11.6 Å². The zero-order valence-corrected chi connectivity index (χ0v) is 20.2. The lowest BCUT2D eigenvalue weighted by Gasteiger charge is -2.42. The topological polar surface area (TPSA) is 81.6 Å².